The van der Waals surface area contributed by atoms with E-state index in [-0.39, 0.29) is 30.0 Å². The maximum atomic E-state index is 12.5. The van der Waals surface area contributed by atoms with Crippen LogP contribution in [0.1, 0.15) is 20.3 Å². The van der Waals surface area contributed by atoms with E-state index in [0.29, 0.717) is 24.7 Å². The van der Waals surface area contributed by atoms with Gasteiger partial charge in [0.1, 0.15) is 5.75 Å². The minimum atomic E-state index is -0.568. The largest absolute Gasteiger partial charge is 0.492 e. The molecule has 1 saturated heterocycles. The third-order valence-corrected chi connectivity index (χ3v) is 4.39. The Morgan fingerprint density at radius 2 is 2.00 bits per heavy atom. The Morgan fingerprint density at radius 1 is 1.26 bits per heavy atom. The number of hydrogen-bond acceptors (Lipinski definition) is 6. The van der Waals surface area contributed by atoms with Gasteiger partial charge >= 0.3 is 5.97 Å². The third-order valence-electron chi connectivity index (χ3n) is 3.22. The topological polar surface area (TPSA) is 72.9 Å². The van der Waals surface area contributed by atoms with Gasteiger partial charge in [0.2, 0.25) is 11.8 Å². The van der Waals surface area contributed by atoms with Crippen LogP contribution in [0.2, 0.25) is 0 Å². The molecule has 124 valence electrons. The van der Waals surface area contributed by atoms with Crippen molar-refractivity contribution in [2.24, 2.45) is 0 Å². The first-order valence-electron chi connectivity index (χ1n) is 7.44. The number of imide groups is 1. The van der Waals surface area contributed by atoms with Gasteiger partial charge in [-0.25, -0.2) is 4.90 Å². The van der Waals surface area contributed by atoms with Crippen molar-refractivity contribution in [2.45, 2.75) is 25.5 Å². The Morgan fingerprint density at radius 3 is 2.70 bits per heavy atom. The lowest BCUT2D eigenvalue weighted by molar-refractivity contribution is -0.139. The summed E-state index contributed by atoms with van der Waals surface area (Å²) in [6, 6.07) is 6.93. The smallest absolute Gasteiger partial charge is 0.315 e. The van der Waals surface area contributed by atoms with Gasteiger partial charge in [0.15, 0.2) is 0 Å². The van der Waals surface area contributed by atoms with E-state index in [9.17, 15) is 14.4 Å². The molecule has 1 aliphatic rings. The van der Waals surface area contributed by atoms with Crippen molar-refractivity contribution in [1.29, 1.82) is 0 Å². The minimum Gasteiger partial charge on any atom is -0.492 e. The molecule has 0 bridgehead atoms. The third kappa shape index (κ3) is 4.04. The quantitative estimate of drug-likeness (QED) is 0.560. The number of carbonyl (C=O) groups is 3. The second-order valence-corrected chi connectivity index (χ2v) is 5.97. The maximum Gasteiger partial charge on any atom is 0.315 e. The number of hydrogen-bond donors (Lipinski definition) is 0. The summed E-state index contributed by atoms with van der Waals surface area (Å²) >= 11 is 1.13. The van der Waals surface area contributed by atoms with Gasteiger partial charge in [-0.1, -0.05) is 12.1 Å². The Bertz CT molecular complexity index is 604. The number of carbonyl (C=O) groups excluding carboxylic acids is 3. The molecule has 23 heavy (non-hydrogen) atoms. The molecule has 0 aliphatic carbocycles. The second-order valence-electron chi connectivity index (χ2n) is 4.78. The highest BCUT2D eigenvalue weighted by Crippen LogP contribution is 2.35. The zero-order valence-electron chi connectivity index (χ0n) is 13.1. The number of thioether (sulfide) groups is 1. The van der Waals surface area contributed by atoms with E-state index in [1.54, 1.807) is 31.2 Å². The van der Waals surface area contributed by atoms with Gasteiger partial charge < -0.3 is 9.47 Å². The Hall–Kier alpha value is -2.02. The van der Waals surface area contributed by atoms with Crippen molar-refractivity contribution in [3.05, 3.63) is 24.3 Å². The summed E-state index contributed by atoms with van der Waals surface area (Å²) in [4.78, 5) is 37.3. The highest BCUT2D eigenvalue weighted by molar-refractivity contribution is 8.01. The molecule has 0 radical (unpaired) electrons. The van der Waals surface area contributed by atoms with Crippen molar-refractivity contribution >= 4 is 35.2 Å². The van der Waals surface area contributed by atoms with Crippen LogP contribution < -0.4 is 9.64 Å². The van der Waals surface area contributed by atoms with Crippen LogP contribution in [0.4, 0.5) is 5.69 Å². The number of benzene rings is 1. The molecule has 0 N–H and O–H groups in total. The molecule has 0 aromatic heterocycles. The summed E-state index contributed by atoms with van der Waals surface area (Å²) in [5, 5.41) is -0.568. The van der Waals surface area contributed by atoms with Gasteiger partial charge in [-0.2, -0.15) is 0 Å². The fourth-order valence-electron chi connectivity index (χ4n) is 2.28. The number of nitrogens with zero attached hydrogens (tertiary/aromatic N) is 1. The molecule has 6 nitrogen and oxygen atoms in total. The number of rotatable bonds is 7. The molecule has 0 spiro atoms. The first-order chi connectivity index (χ1) is 11.1. The molecule has 0 unspecified atom stereocenters. The van der Waals surface area contributed by atoms with E-state index in [1.165, 1.54) is 0 Å². The van der Waals surface area contributed by atoms with Crippen LogP contribution in [0.5, 0.6) is 5.75 Å². The van der Waals surface area contributed by atoms with Gasteiger partial charge in [-0.3, -0.25) is 14.4 Å². The number of para-hydroxylation sites is 2. The summed E-state index contributed by atoms with van der Waals surface area (Å²) in [6.07, 6.45) is 0.0728. The van der Waals surface area contributed by atoms with E-state index in [2.05, 4.69) is 0 Å². The Balaban J connectivity index is 2.11. The monoisotopic (exact) mass is 337 g/mol. The summed E-state index contributed by atoms with van der Waals surface area (Å²) in [5.41, 5.74) is 0.448. The average Bonchev–Trinajstić information content (AvgIpc) is 2.81. The lowest BCUT2D eigenvalue weighted by Crippen LogP contribution is -2.31. The summed E-state index contributed by atoms with van der Waals surface area (Å²) in [5.74, 6) is -0.447. The molecule has 1 atom stereocenters. The van der Waals surface area contributed by atoms with E-state index in [4.69, 9.17) is 9.47 Å². The lowest BCUT2D eigenvalue weighted by Gasteiger charge is -2.18. The Labute approximate surface area is 139 Å². The SMILES string of the molecule is CCOC(=O)CS[C@@H]1CC(=O)N(c2ccccc2OCC)C1=O. The normalized spacial score (nSPS) is 17.5. The Kier molecular flexibility index (Phi) is 6.04. The van der Waals surface area contributed by atoms with Crippen LogP contribution in [0, 0.1) is 0 Å². The van der Waals surface area contributed by atoms with E-state index < -0.39 is 5.25 Å². The van der Waals surface area contributed by atoms with Crippen molar-refractivity contribution in [2.75, 3.05) is 23.9 Å². The first-order valence-corrected chi connectivity index (χ1v) is 8.49. The number of anilines is 1. The molecule has 7 heteroatoms. The van der Waals surface area contributed by atoms with Gasteiger partial charge in [0.25, 0.3) is 0 Å². The molecule has 1 aliphatic heterocycles. The van der Waals surface area contributed by atoms with Gasteiger partial charge in [0.05, 0.1) is 29.9 Å². The van der Waals surface area contributed by atoms with Crippen molar-refractivity contribution < 1.29 is 23.9 Å². The zero-order valence-corrected chi connectivity index (χ0v) is 13.9. The summed E-state index contributed by atoms with van der Waals surface area (Å²) < 4.78 is 10.3. The highest BCUT2D eigenvalue weighted by atomic mass is 32.2. The molecule has 1 aromatic carbocycles. The summed E-state index contributed by atoms with van der Waals surface area (Å²) in [6.45, 7) is 4.29. The minimum absolute atomic E-state index is 0.0540. The predicted octanol–water partition coefficient (Wildman–Crippen LogP) is 2.01. The fraction of sp³-hybridized carbons (Fsp3) is 0.438. The van der Waals surface area contributed by atoms with Gasteiger partial charge in [-0.05, 0) is 26.0 Å². The molecule has 1 fully saturated rings. The van der Waals surface area contributed by atoms with Crippen molar-refractivity contribution in [3.8, 4) is 5.75 Å². The molecule has 2 amide bonds. The molecule has 1 heterocycles. The van der Waals surface area contributed by atoms with Gasteiger partial charge in [0, 0.05) is 6.42 Å². The lowest BCUT2D eigenvalue weighted by atomic mass is 10.2. The summed E-state index contributed by atoms with van der Waals surface area (Å²) in [7, 11) is 0. The second kappa shape index (κ2) is 8.01. The van der Waals surface area contributed by atoms with Crippen LogP contribution in [0.25, 0.3) is 0 Å². The fourth-order valence-corrected chi connectivity index (χ4v) is 3.21. The van der Waals surface area contributed by atoms with Crippen LogP contribution in [0.3, 0.4) is 0 Å². The van der Waals surface area contributed by atoms with Crippen molar-refractivity contribution in [1.82, 2.24) is 0 Å². The van der Waals surface area contributed by atoms with Gasteiger partial charge in [-0.15, -0.1) is 11.8 Å². The molecule has 1 aromatic rings. The highest BCUT2D eigenvalue weighted by Gasteiger charge is 2.41. The first kappa shape index (κ1) is 17.3. The van der Waals surface area contributed by atoms with Crippen LogP contribution in [0.15, 0.2) is 24.3 Å². The number of ether oxygens (including phenoxy) is 2. The van der Waals surface area contributed by atoms with Crippen LogP contribution in [-0.4, -0.2) is 42.0 Å². The van der Waals surface area contributed by atoms with E-state index in [1.807, 2.05) is 6.92 Å². The van der Waals surface area contributed by atoms with Crippen molar-refractivity contribution in [3.63, 3.8) is 0 Å². The zero-order chi connectivity index (χ0) is 16.8. The number of esters is 1. The number of amides is 2. The predicted molar refractivity (Wildman–Crippen MR) is 87.6 cm³/mol. The standard InChI is InChI=1S/C16H19NO5S/c1-3-21-12-8-6-5-7-11(12)17-14(18)9-13(16(17)20)23-10-15(19)22-4-2/h5-8,13H,3-4,9-10H2,1-2H3/t13-/m1/s1. The molecular formula is C16H19NO5S. The average molecular weight is 337 g/mol. The molecule has 2 rings (SSSR count). The van der Waals surface area contributed by atoms with E-state index >= 15 is 0 Å². The molecule has 0 saturated carbocycles. The van der Waals surface area contributed by atoms with Crippen LogP contribution in [-0.2, 0) is 19.1 Å². The van der Waals surface area contributed by atoms with Crippen LogP contribution >= 0.6 is 11.8 Å². The molecular weight excluding hydrogens is 318 g/mol. The van der Waals surface area contributed by atoms with E-state index in [0.717, 1.165) is 16.7 Å². The maximum absolute atomic E-state index is 12.5.